The maximum Gasteiger partial charge on any atom is 0.448 e. The molecule has 0 aromatic rings. The second-order valence-electron chi connectivity index (χ2n) is 1.78. The Balaban J connectivity index is 3.84. The summed E-state index contributed by atoms with van der Waals surface area (Å²) in [5.74, 6) is -2.57. The molecule has 0 atom stereocenters. The fourth-order valence-electron chi connectivity index (χ4n) is 0.368. The molecule has 0 aliphatic carbocycles. The highest BCUT2D eigenvalue weighted by atomic mass is 32.3. The highest BCUT2D eigenvalue weighted by Crippen LogP contribution is 1.96. The highest BCUT2D eigenvalue weighted by molar-refractivity contribution is 7.81. The smallest absolute Gasteiger partial charge is 0.448 e. The summed E-state index contributed by atoms with van der Waals surface area (Å²) in [7, 11) is -4.81. The molecular weight excluding hydrogens is 192 g/mol. The van der Waals surface area contributed by atoms with Crippen LogP contribution in [0.5, 0.6) is 0 Å². The van der Waals surface area contributed by atoms with Gasteiger partial charge in [-0.05, 0) is 0 Å². The summed E-state index contributed by atoms with van der Waals surface area (Å²) in [6, 6.07) is 0. The van der Waals surface area contributed by atoms with Crippen molar-refractivity contribution in [2.75, 3.05) is 0 Å². The van der Waals surface area contributed by atoms with Crippen molar-refractivity contribution in [3.63, 3.8) is 0 Å². The van der Waals surface area contributed by atoms with Crippen LogP contribution in [0.15, 0.2) is 0 Å². The topological polar surface area (TPSA) is 118 Å². The molecule has 0 spiro atoms. The molecule has 0 aromatic heterocycles. The Morgan fingerprint density at radius 1 is 1.25 bits per heavy atom. The molecule has 0 fully saturated rings. The minimum absolute atomic E-state index is 0.547. The first-order valence-corrected chi connectivity index (χ1v) is 4.09. The predicted molar refractivity (Wildman–Crippen MR) is 34.5 cm³/mol. The second kappa shape index (κ2) is 4.02. The zero-order valence-electron chi connectivity index (χ0n) is 5.76. The van der Waals surface area contributed by atoms with Gasteiger partial charge in [0.2, 0.25) is 0 Å². The molecule has 0 aromatic carbocycles. The van der Waals surface area contributed by atoms with Crippen LogP contribution in [0.2, 0.25) is 0 Å². The lowest BCUT2D eigenvalue weighted by Crippen LogP contribution is -2.12. The monoisotopic (exact) mass is 198 g/mol. The zero-order chi connectivity index (χ0) is 9.78. The molecule has 0 rings (SSSR count). The average molecular weight is 198 g/mol. The van der Waals surface area contributed by atoms with Gasteiger partial charge in [-0.3, -0.25) is 14.1 Å². The third-order valence-electron chi connectivity index (χ3n) is 0.741. The van der Waals surface area contributed by atoms with E-state index in [1.165, 1.54) is 0 Å². The summed E-state index contributed by atoms with van der Waals surface area (Å²) in [6.07, 6.45) is -1.15. The van der Waals surface area contributed by atoms with Crippen molar-refractivity contribution in [1.82, 2.24) is 0 Å². The van der Waals surface area contributed by atoms with E-state index < -0.39 is 35.2 Å². The lowest BCUT2D eigenvalue weighted by atomic mass is 10.3. The lowest BCUT2D eigenvalue weighted by molar-refractivity contribution is -0.142. The molecule has 0 saturated carbocycles. The molecule has 0 amide bonds. The first kappa shape index (κ1) is 10.8. The van der Waals surface area contributed by atoms with Crippen LogP contribution >= 0.6 is 0 Å². The summed E-state index contributed by atoms with van der Waals surface area (Å²) in [5.41, 5.74) is 0. The molecular formula is C4H6O7S. The van der Waals surface area contributed by atoms with Crippen LogP contribution in [-0.4, -0.2) is 30.0 Å². The number of carbonyl (C=O) groups excluding carboxylic acids is 1. The van der Waals surface area contributed by atoms with Gasteiger partial charge in [0.25, 0.3) is 0 Å². The van der Waals surface area contributed by atoms with Crippen molar-refractivity contribution >= 4 is 22.3 Å². The van der Waals surface area contributed by atoms with Crippen molar-refractivity contribution < 1.29 is 31.8 Å². The van der Waals surface area contributed by atoms with E-state index in [4.69, 9.17) is 9.66 Å². The predicted octanol–water partition coefficient (Wildman–Crippen LogP) is -0.803. The molecule has 0 bridgehead atoms. The maximum atomic E-state index is 10.3. The van der Waals surface area contributed by atoms with Crippen LogP contribution in [0, 0.1) is 0 Å². The summed E-state index contributed by atoms with van der Waals surface area (Å²) < 4.78 is 31.1. The van der Waals surface area contributed by atoms with Crippen molar-refractivity contribution in [3.05, 3.63) is 0 Å². The fourth-order valence-corrected chi connectivity index (χ4v) is 0.686. The van der Waals surface area contributed by atoms with Crippen LogP contribution in [0.4, 0.5) is 0 Å². The Labute approximate surface area is 67.9 Å². The van der Waals surface area contributed by atoms with Gasteiger partial charge < -0.3 is 9.29 Å². The number of hydrogen-bond acceptors (Lipinski definition) is 5. The first-order chi connectivity index (χ1) is 5.31. The number of carboxylic acid groups (broad SMARTS) is 1. The third-order valence-corrected chi connectivity index (χ3v) is 1.14. The number of rotatable bonds is 4. The largest absolute Gasteiger partial charge is 0.481 e. The molecule has 0 aliphatic rings. The van der Waals surface area contributed by atoms with Gasteiger partial charge in [-0.25, -0.2) is 0 Å². The Bertz CT molecular complexity index is 276. The van der Waals surface area contributed by atoms with Gasteiger partial charge >= 0.3 is 22.3 Å². The SMILES string of the molecule is O=C(O)CCC(=O)OS(=O)(=O)O. The molecule has 0 aliphatic heterocycles. The molecule has 0 unspecified atom stereocenters. The van der Waals surface area contributed by atoms with Gasteiger partial charge in [0, 0.05) is 0 Å². The van der Waals surface area contributed by atoms with Crippen molar-refractivity contribution in [3.8, 4) is 0 Å². The van der Waals surface area contributed by atoms with Gasteiger partial charge in [0.15, 0.2) is 0 Å². The van der Waals surface area contributed by atoms with E-state index in [1.54, 1.807) is 0 Å². The summed E-state index contributed by atoms with van der Waals surface area (Å²) in [6.45, 7) is 0. The van der Waals surface area contributed by atoms with Crippen LogP contribution < -0.4 is 0 Å². The van der Waals surface area contributed by atoms with Crippen molar-refractivity contribution in [1.29, 1.82) is 0 Å². The Kier molecular flexibility index (Phi) is 3.64. The Hall–Kier alpha value is -1.15. The average Bonchev–Trinajstić information content (AvgIpc) is 1.79. The summed E-state index contributed by atoms with van der Waals surface area (Å²) in [5, 5.41) is 8.04. The molecule has 8 heteroatoms. The van der Waals surface area contributed by atoms with E-state index in [0.717, 1.165) is 0 Å². The quantitative estimate of drug-likeness (QED) is 0.567. The minimum atomic E-state index is -4.81. The van der Waals surface area contributed by atoms with Crippen molar-refractivity contribution in [2.45, 2.75) is 12.8 Å². The van der Waals surface area contributed by atoms with Crippen LogP contribution in [0.25, 0.3) is 0 Å². The van der Waals surface area contributed by atoms with E-state index >= 15 is 0 Å². The zero-order valence-corrected chi connectivity index (χ0v) is 6.57. The summed E-state index contributed by atoms with van der Waals surface area (Å²) >= 11 is 0. The third kappa shape index (κ3) is 6.96. The first-order valence-electron chi connectivity index (χ1n) is 2.73. The van der Waals surface area contributed by atoms with Crippen molar-refractivity contribution in [2.24, 2.45) is 0 Å². The standard InChI is InChI=1S/C4H6O7S/c5-3(6)1-2-4(7)11-12(8,9)10/h1-2H2,(H,5,6)(H,8,9,10). The molecule has 0 heterocycles. The van der Waals surface area contributed by atoms with Crippen LogP contribution in [0.1, 0.15) is 12.8 Å². The van der Waals surface area contributed by atoms with E-state index in [-0.39, 0.29) is 0 Å². The molecule has 7 nitrogen and oxygen atoms in total. The highest BCUT2D eigenvalue weighted by Gasteiger charge is 2.13. The molecule has 2 N–H and O–H groups in total. The van der Waals surface area contributed by atoms with Gasteiger partial charge in [-0.15, -0.1) is 0 Å². The molecule has 0 saturated heterocycles. The minimum Gasteiger partial charge on any atom is -0.481 e. The molecule has 0 radical (unpaired) electrons. The molecule has 70 valence electrons. The normalized spacial score (nSPS) is 10.8. The summed E-state index contributed by atoms with van der Waals surface area (Å²) in [4.78, 5) is 20.2. The Morgan fingerprint density at radius 2 is 1.75 bits per heavy atom. The fraction of sp³-hybridized carbons (Fsp3) is 0.500. The number of aliphatic carboxylic acids is 1. The lowest BCUT2D eigenvalue weighted by Gasteiger charge is -1.96. The number of carbonyl (C=O) groups is 2. The van der Waals surface area contributed by atoms with E-state index in [2.05, 4.69) is 4.18 Å². The van der Waals surface area contributed by atoms with E-state index in [1.807, 2.05) is 0 Å². The van der Waals surface area contributed by atoms with Gasteiger partial charge in [0.1, 0.15) is 0 Å². The Morgan fingerprint density at radius 3 is 2.08 bits per heavy atom. The maximum absolute atomic E-state index is 10.3. The number of carboxylic acids is 1. The second-order valence-corrected chi connectivity index (χ2v) is 2.80. The van der Waals surface area contributed by atoms with Gasteiger partial charge in [-0.2, -0.15) is 8.42 Å². The van der Waals surface area contributed by atoms with Gasteiger partial charge in [0.05, 0.1) is 12.8 Å². The van der Waals surface area contributed by atoms with Crippen LogP contribution in [-0.2, 0) is 24.2 Å². The van der Waals surface area contributed by atoms with Gasteiger partial charge in [-0.1, -0.05) is 0 Å². The molecule has 12 heavy (non-hydrogen) atoms. The number of hydrogen-bond donors (Lipinski definition) is 2. The van der Waals surface area contributed by atoms with E-state index in [0.29, 0.717) is 0 Å². The van der Waals surface area contributed by atoms with Crippen LogP contribution in [0.3, 0.4) is 0 Å². The van der Waals surface area contributed by atoms with E-state index in [9.17, 15) is 18.0 Å².